The molecule has 2 amide bonds. The molecule has 1 aliphatic heterocycles. The first-order valence-electron chi connectivity index (χ1n) is 11.2. The first kappa shape index (κ1) is 20.8. The maximum absolute atomic E-state index is 13.9. The molecule has 1 unspecified atom stereocenters. The molecular formula is C26H26N2O3S. The lowest BCUT2D eigenvalue weighted by Crippen LogP contribution is -2.45. The number of carbonyl (C=O) groups is 2. The molecule has 5 rings (SSSR count). The number of benzene rings is 2. The van der Waals surface area contributed by atoms with Gasteiger partial charge in [-0.25, -0.2) is 4.79 Å². The van der Waals surface area contributed by atoms with Crippen LogP contribution in [-0.2, 0) is 11.3 Å². The van der Waals surface area contributed by atoms with Crippen LogP contribution >= 0.6 is 11.3 Å². The smallest absolute Gasteiger partial charge is 0.410 e. The van der Waals surface area contributed by atoms with E-state index in [1.54, 1.807) is 28.4 Å². The van der Waals surface area contributed by atoms with Gasteiger partial charge in [-0.1, -0.05) is 61.7 Å². The summed E-state index contributed by atoms with van der Waals surface area (Å²) in [5.74, 6) is 0.441. The summed E-state index contributed by atoms with van der Waals surface area (Å²) in [6.45, 7) is 0.326. The summed E-state index contributed by atoms with van der Waals surface area (Å²) in [4.78, 5) is 31.8. The standard InChI is InChI=1S/C26H26N2O3S/c29-25-24(22-15-7-8-16-23(22)28(25)19-10-3-1-4-11-19)27(18-21-14-9-17-32-21)26(30)31-20-12-5-2-6-13-20/h2,5-9,12-17,19,24H,1,3-4,10-11,18H2. The molecule has 164 valence electrons. The summed E-state index contributed by atoms with van der Waals surface area (Å²) in [6.07, 6.45) is 4.99. The minimum Gasteiger partial charge on any atom is -0.410 e. The Bertz CT molecular complexity index is 1080. The van der Waals surface area contributed by atoms with Crippen LogP contribution in [0.2, 0.25) is 0 Å². The Morgan fingerprint density at radius 2 is 1.72 bits per heavy atom. The number of anilines is 1. The van der Waals surface area contributed by atoms with Crippen LogP contribution in [0, 0.1) is 0 Å². The van der Waals surface area contributed by atoms with Crippen LogP contribution in [0.4, 0.5) is 10.5 Å². The van der Waals surface area contributed by atoms with Crippen molar-refractivity contribution in [3.05, 3.63) is 82.6 Å². The molecule has 2 aliphatic rings. The molecule has 6 heteroatoms. The number of hydrogen-bond donors (Lipinski definition) is 0. The van der Waals surface area contributed by atoms with Crippen LogP contribution in [-0.4, -0.2) is 22.9 Å². The Morgan fingerprint density at radius 1 is 0.969 bits per heavy atom. The zero-order valence-electron chi connectivity index (χ0n) is 17.9. The summed E-state index contributed by atoms with van der Waals surface area (Å²) < 4.78 is 5.70. The lowest BCUT2D eigenvalue weighted by Gasteiger charge is -2.33. The van der Waals surface area contributed by atoms with Gasteiger partial charge in [-0.05, 0) is 42.5 Å². The van der Waals surface area contributed by atoms with E-state index in [0.717, 1.165) is 41.8 Å². The summed E-state index contributed by atoms with van der Waals surface area (Å²) in [5, 5.41) is 1.98. The molecule has 0 spiro atoms. The van der Waals surface area contributed by atoms with Crippen LogP contribution in [0.25, 0.3) is 0 Å². The Labute approximate surface area is 192 Å². The van der Waals surface area contributed by atoms with E-state index in [1.807, 2.05) is 64.9 Å². The van der Waals surface area contributed by atoms with Crippen molar-refractivity contribution >= 4 is 29.0 Å². The Kier molecular flexibility index (Phi) is 5.95. The van der Waals surface area contributed by atoms with E-state index in [0.29, 0.717) is 12.3 Å². The minimum absolute atomic E-state index is 0.0281. The largest absolute Gasteiger partial charge is 0.416 e. The second-order valence-corrected chi connectivity index (χ2v) is 9.38. The van der Waals surface area contributed by atoms with Gasteiger partial charge in [-0.3, -0.25) is 9.69 Å². The van der Waals surface area contributed by atoms with Gasteiger partial charge in [0.05, 0.1) is 6.54 Å². The molecule has 0 saturated heterocycles. The Balaban J connectivity index is 1.51. The summed E-state index contributed by atoms with van der Waals surface area (Å²) in [5.41, 5.74) is 1.81. The molecular weight excluding hydrogens is 420 g/mol. The van der Waals surface area contributed by atoms with Gasteiger partial charge in [-0.15, -0.1) is 11.3 Å². The monoisotopic (exact) mass is 446 g/mol. The number of thiophene rings is 1. The molecule has 0 N–H and O–H groups in total. The van der Waals surface area contributed by atoms with Crippen molar-refractivity contribution in [1.29, 1.82) is 0 Å². The number of nitrogens with zero attached hydrogens (tertiary/aromatic N) is 2. The van der Waals surface area contributed by atoms with Crippen LogP contribution in [0.1, 0.15) is 48.6 Å². The first-order valence-corrected chi connectivity index (χ1v) is 12.1. The highest BCUT2D eigenvalue weighted by atomic mass is 32.1. The quantitative estimate of drug-likeness (QED) is 0.471. The highest BCUT2D eigenvalue weighted by molar-refractivity contribution is 7.09. The zero-order valence-corrected chi connectivity index (χ0v) is 18.7. The van der Waals surface area contributed by atoms with Crippen LogP contribution in [0.5, 0.6) is 5.75 Å². The minimum atomic E-state index is -0.688. The second kappa shape index (κ2) is 9.17. The van der Waals surface area contributed by atoms with E-state index in [-0.39, 0.29) is 11.9 Å². The maximum atomic E-state index is 13.9. The van der Waals surface area contributed by atoms with E-state index in [9.17, 15) is 9.59 Å². The van der Waals surface area contributed by atoms with Crippen LogP contribution in [0.3, 0.4) is 0 Å². The number of carbonyl (C=O) groups excluding carboxylic acids is 2. The molecule has 1 fully saturated rings. The van der Waals surface area contributed by atoms with Gasteiger partial charge >= 0.3 is 6.09 Å². The van der Waals surface area contributed by atoms with E-state index in [2.05, 4.69) is 0 Å². The van der Waals surface area contributed by atoms with Crippen molar-refractivity contribution < 1.29 is 14.3 Å². The molecule has 0 bridgehead atoms. The topological polar surface area (TPSA) is 49.9 Å². The lowest BCUT2D eigenvalue weighted by atomic mass is 9.94. The third kappa shape index (κ3) is 4.02. The fraction of sp³-hybridized carbons (Fsp3) is 0.308. The average Bonchev–Trinajstić information content (AvgIpc) is 3.44. The zero-order chi connectivity index (χ0) is 21.9. The third-order valence-electron chi connectivity index (χ3n) is 6.30. The summed E-state index contributed by atoms with van der Waals surface area (Å²) in [6, 6.07) is 20.4. The van der Waals surface area contributed by atoms with Crippen molar-refractivity contribution in [2.45, 2.75) is 50.7 Å². The molecule has 0 radical (unpaired) electrons. The van der Waals surface area contributed by atoms with E-state index in [1.165, 1.54) is 6.42 Å². The van der Waals surface area contributed by atoms with Crippen molar-refractivity contribution in [2.75, 3.05) is 4.90 Å². The van der Waals surface area contributed by atoms with Gasteiger partial charge in [0.25, 0.3) is 5.91 Å². The molecule has 1 aliphatic carbocycles. The molecule has 1 saturated carbocycles. The maximum Gasteiger partial charge on any atom is 0.416 e. The summed E-state index contributed by atoms with van der Waals surface area (Å²) >= 11 is 1.57. The fourth-order valence-electron chi connectivity index (χ4n) is 4.82. The van der Waals surface area contributed by atoms with Gasteiger partial charge in [0.1, 0.15) is 11.8 Å². The van der Waals surface area contributed by atoms with Gasteiger partial charge in [-0.2, -0.15) is 0 Å². The number of hydrogen-bond acceptors (Lipinski definition) is 4. The molecule has 2 aromatic carbocycles. The molecule has 2 heterocycles. The van der Waals surface area contributed by atoms with Crippen molar-refractivity contribution in [2.24, 2.45) is 0 Å². The fourth-order valence-corrected chi connectivity index (χ4v) is 5.52. The van der Waals surface area contributed by atoms with Crippen molar-refractivity contribution in [1.82, 2.24) is 4.90 Å². The average molecular weight is 447 g/mol. The van der Waals surface area contributed by atoms with Gasteiger partial charge < -0.3 is 9.64 Å². The van der Waals surface area contributed by atoms with Gasteiger partial charge in [0.2, 0.25) is 0 Å². The number of amides is 2. The molecule has 5 nitrogen and oxygen atoms in total. The van der Waals surface area contributed by atoms with Crippen molar-refractivity contribution in [3.63, 3.8) is 0 Å². The highest BCUT2D eigenvalue weighted by Crippen LogP contribution is 2.43. The second-order valence-electron chi connectivity index (χ2n) is 8.35. The van der Waals surface area contributed by atoms with Gasteiger partial charge in [0, 0.05) is 22.2 Å². The van der Waals surface area contributed by atoms with Crippen LogP contribution < -0.4 is 9.64 Å². The normalized spacial score (nSPS) is 18.4. The SMILES string of the molecule is O=C(Oc1ccccc1)N(Cc1cccs1)C1C(=O)N(C2CCCCC2)c2ccccc21. The molecule has 1 atom stereocenters. The number of para-hydroxylation sites is 2. The lowest BCUT2D eigenvalue weighted by molar-refractivity contribution is -0.123. The Hall–Kier alpha value is -3.12. The predicted molar refractivity (Wildman–Crippen MR) is 126 cm³/mol. The van der Waals surface area contributed by atoms with E-state index >= 15 is 0 Å². The summed E-state index contributed by atoms with van der Waals surface area (Å²) in [7, 11) is 0. The van der Waals surface area contributed by atoms with E-state index in [4.69, 9.17) is 4.74 Å². The highest BCUT2D eigenvalue weighted by Gasteiger charge is 2.45. The first-order chi connectivity index (χ1) is 15.7. The third-order valence-corrected chi connectivity index (χ3v) is 7.16. The number of fused-ring (bicyclic) bond motifs is 1. The van der Waals surface area contributed by atoms with Crippen molar-refractivity contribution in [3.8, 4) is 5.75 Å². The number of ether oxygens (including phenoxy) is 1. The predicted octanol–water partition coefficient (Wildman–Crippen LogP) is 6.17. The molecule has 1 aromatic heterocycles. The molecule has 3 aromatic rings. The van der Waals surface area contributed by atoms with E-state index < -0.39 is 12.1 Å². The van der Waals surface area contributed by atoms with Gasteiger partial charge in [0.15, 0.2) is 0 Å². The number of rotatable bonds is 5. The molecule has 32 heavy (non-hydrogen) atoms. The Morgan fingerprint density at radius 3 is 2.47 bits per heavy atom. The van der Waals surface area contributed by atoms with Crippen LogP contribution in [0.15, 0.2) is 72.1 Å².